The van der Waals surface area contributed by atoms with Crippen LogP contribution in [0.1, 0.15) is 34.7 Å². The predicted molar refractivity (Wildman–Crippen MR) is 69.4 cm³/mol. The third-order valence-corrected chi connectivity index (χ3v) is 3.57. The summed E-state index contributed by atoms with van der Waals surface area (Å²) in [5.41, 5.74) is 1.54. The number of nitrogens with zero attached hydrogens (tertiary/aromatic N) is 1. The van der Waals surface area contributed by atoms with Gasteiger partial charge in [-0.3, -0.25) is 0 Å². The molecule has 5 nitrogen and oxygen atoms in total. The topological polar surface area (TPSA) is 66.8 Å². The Morgan fingerprint density at radius 2 is 1.89 bits per heavy atom. The SMILES string of the molecule is COC(=O)c1ccccc1C1CCN(C(=O)O)CC1. The van der Waals surface area contributed by atoms with Crippen LogP contribution in [0.5, 0.6) is 0 Å². The molecule has 1 saturated heterocycles. The van der Waals surface area contributed by atoms with Crippen LogP contribution in [0.25, 0.3) is 0 Å². The molecule has 1 amide bonds. The van der Waals surface area contributed by atoms with Crippen molar-refractivity contribution in [3.05, 3.63) is 35.4 Å². The molecular weight excluding hydrogens is 246 g/mol. The van der Waals surface area contributed by atoms with E-state index < -0.39 is 6.09 Å². The molecule has 1 fully saturated rings. The molecule has 2 rings (SSSR count). The van der Waals surface area contributed by atoms with E-state index in [4.69, 9.17) is 9.84 Å². The largest absolute Gasteiger partial charge is 0.465 e. The smallest absolute Gasteiger partial charge is 0.407 e. The van der Waals surface area contributed by atoms with Crippen molar-refractivity contribution in [3.8, 4) is 0 Å². The third kappa shape index (κ3) is 2.86. The van der Waals surface area contributed by atoms with Crippen LogP contribution in [0.2, 0.25) is 0 Å². The lowest BCUT2D eigenvalue weighted by Gasteiger charge is -2.30. The van der Waals surface area contributed by atoms with Crippen molar-refractivity contribution < 1.29 is 19.4 Å². The van der Waals surface area contributed by atoms with Crippen LogP contribution in [-0.4, -0.2) is 42.3 Å². The summed E-state index contributed by atoms with van der Waals surface area (Å²) in [7, 11) is 1.37. The fourth-order valence-electron chi connectivity index (χ4n) is 2.53. The molecule has 0 aliphatic carbocycles. The Morgan fingerprint density at radius 1 is 1.26 bits per heavy atom. The first-order chi connectivity index (χ1) is 9.13. The fourth-order valence-corrected chi connectivity index (χ4v) is 2.53. The number of rotatable bonds is 2. The van der Waals surface area contributed by atoms with Crippen molar-refractivity contribution in [2.24, 2.45) is 0 Å². The first-order valence-electron chi connectivity index (χ1n) is 6.28. The minimum atomic E-state index is -0.875. The summed E-state index contributed by atoms with van der Waals surface area (Å²) in [6, 6.07) is 7.38. The second kappa shape index (κ2) is 5.73. The number of methoxy groups -OCH3 is 1. The van der Waals surface area contributed by atoms with Gasteiger partial charge in [0.25, 0.3) is 0 Å². The van der Waals surface area contributed by atoms with E-state index in [1.807, 2.05) is 18.2 Å². The number of carbonyl (C=O) groups excluding carboxylic acids is 1. The van der Waals surface area contributed by atoms with Crippen molar-refractivity contribution in [3.63, 3.8) is 0 Å². The molecule has 19 heavy (non-hydrogen) atoms. The molecule has 0 bridgehead atoms. The van der Waals surface area contributed by atoms with Crippen molar-refractivity contribution >= 4 is 12.1 Å². The summed E-state index contributed by atoms with van der Waals surface area (Å²) in [6.45, 7) is 1.02. The lowest BCUT2D eigenvalue weighted by atomic mass is 9.86. The number of carbonyl (C=O) groups is 2. The molecule has 1 aromatic carbocycles. The zero-order chi connectivity index (χ0) is 13.8. The Kier molecular flexibility index (Phi) is 4.04. The zero-order valence-corrected chi connectivity index (χ0v) is 10.8. The Morgan fingerprint density at radius 3 is 2.47 bits per heavy atom. The zero-order valence-electron chi connectivity index (χ0n) is 10.8. The predicted octanol–water partition coefficient (Wildman–Crippen LogP) is 2.33. The number of carboxylic acid groups (broad SMARTS) is 1. The molecule has 1 aromatic rings. The lowest BCUT2D eigenvalue weighted by Crippen LogP contribution is -2.37. The van der Waals surface area contributed by atoms with Crippen molar-refractivity contribution in [2.75, 3.05) is 20.2 Å². The highest BCUT2D eigenvalue weighted by Gasteiger charge is 2.26. The normalized spacial score (nSPS) is 16.2. The number of esters is 1. The highest BCUT2D eigenvalue weighted by Crippen LogP contribution is 2.30. The molecule has 0 atom stereocenters. The molecule has 5 heteroatoms. The molecule has 0 radical (unpaired) electrons. The monoisotopic (exact) mass is 263 g/mol. The van der Waals surface area contributed by atoms with E-state index in [1.54, 1.807) is 6.07 Å². The molecule has 1 heterocycles. The van der Waals surface area contributed by atoms with Gasteiger partial charge in [0.15, 0.2) is 0 Å². The maximum Gasteiger partial charge on any atom is 0.407 e. The average molecular weight is 263 g/mol. The quantitative estimate of drug-likeness (QED) is 0.831. The fraction of sp³-hybridized carbons (Fsp3) is 0.429. The molecule has 1 aliphatic rings. The Hall–Kier alpha value is -2.04. The van der Waals surface area contributed by atoms with Crippen molar-refractivity contribution in [1.29, 1.82) is 0 Å². The summed E-state index contributed by atoms with van der Waals surface area (Å²) in [6.07, 6.45) is 0.598. The number of likely N-dealkylation sites (tertiary alicyclic amines) is 1. The second-order valence-electron chi connectivity index (χ2n) is 4.62. The van der Waals surface area contributed by atoms with E-state index in [9.17, 15) is 9.59 Å². The standard InChI is InChI=1S/C14H17NO4/c1-19-13(16)12-5-3-2-4-11(12)10-6-8-15(9-7-10)14(17)18/h2-5,10H,6-9H2,1H3,(H,17,18). The van der Waals surface area contributed by atoms with Crippen LogP contribution >= 0.6 is 0 Å². The lowest BCUT2D eigenvalue weighted by molar-refractivity contribution is 0.0597. The van der Waals surface area contributed by atoms with Gasteiger partial charge < -0.3 is 14.7 Å². The second-order valence-corrected chi connectivity index (χ2v) is 4.62. The minimum Gasteiger partial charge on any atom is -0.465 e. The molecule has 0 aromatic heterocycles. The number of hydrogen-bond acceptors (Lipinski definition) is 3. The molecule has 0 saturated carbocycles. The van der Waals surface area contributed by atoms with E-state index in [0.29, 0.717) is 18.7 Å². The van der Waals surface area contributed by atoms with Gasteiger partial charge in [-0.05, 0) is 30.4 Å². The van der Waals surface area contributed by atoms with Gasteiger partial charge in [0.05, 0.1) is 12.7 Å². The summed E-state index contributed by atoms with van der Waals surface area (Å²) < 4.78 is 4.78. The first kappa shape index (κ1) is 13.4. The average Bonchev–Trinajstić information content (AvgIpc) is 2.46. The first-order valence-corrected chi connectivity index (χ1v) is 6.28. The molecule has 1 N–H and O–H groups in total. The molecular formula is C14H17NO4. The summed E-state index contributed by atoms with van der Waals surface area (Å²) >= 11 is 0. The van der Waals surface area contributed by atoms with Gasteiger partial charge in [-0.1, -0.05) is 18.2 Å². The highest BCUT2D eigenvalue weighted by atomic mass is 16.5. The van der Waals surface area contributed by atoms with Crippen LogP contribution in [0, 0.1) is 0 Å². The Labute approximate surface area is 111 Å². The maximum atomic E-state index is 11.7. The van der Waals surface area contributed by atoms with Crippen LogP contribution in [0.15, 0.2) is 24.3 Å². The highest BCUT2D eigenvalue weighted by molar-refractivity contribution is 5.91. The number of ether oxygens (including phenoxy) is 1. The maximum absolute atomic E-state index is 11.7. The van der Waals surface area contributed by atoms with Gasteiger partial charge in [0.1, 0.15) is 0 Å². The summed E-state index contributed by atoms with van der Waals surface area (Å²) in [5.74, 6) is -0.123. The van der Waals surface area contributed by atoms with Crippen LogP contribution in [-0.2, 0) is 4.74 Å². The summed E-state index contributed by atoms with van der Waals surface area (Å²) in [5, 5.41) is 8.93. The van der Waals surface area contributed by atoms with Crippen LogP contribution in [0.3, 0.4) is 0 Å². The van der Waals surface area contributed by atoms with E-state index in [-0.39, 0.29) is 11.9 Å². The summed E-state index contributed by atoms with van der Waals surface area (Å²) in [4.78, 5) is 24.0. The van der Waals surface area contributed by atoms with Gasteiger partial charge >= 0.3 is 12.1 Å². The molecule has 102 valence electrons. The molecule has 1 aliphatic heterocycles. The Bertz CT molecular complexity index is 478. The van der Waals surface area contributed by atoms with E-state index >= 15 is 0 Å². The van der Waals surface area contributed by atoms with Gasteiger partial charge in [0.2, 0.25) is 0 Å². The van der Waals surface area contributed by atoms with Gasteiger partial charge in [-0.15, -0.1) is 0 Å². The van der Waals surface area contributed by atoms with Crippen molar-refractivity contribution in [1.82, 2.24) is 4.90 Å². The van der Waals surface area contributed by atoms with Crippen LogP contribution < -0.4 is 0 Å². The Balaban J connectivity index is 2.15. The van der Waals surface area contributed by atoms with Crippen LogP contribution in [0.4, 0.5) is 4.79 Å². The van der Waals surface area contributed by atoms with E-state index in [2.05, 4.69) is 0 Å². The number of piperidine rings is 1. The minimum absolute atomic E-state index is 0.214. The molecule has 0 spiro atoms. The number of amides is 1. The van der Waals surface area contributed by atoms with Gasteiger partial charge in [-0.2, -0.15) is 0 Å². The van der Waals surface area contributed by atoms with Gasteiger partial charge in [-0.25, -0.2) is 9.59 Å². The molecule has 0 unspecified atom stereocenters. The third-order valence-electron chi connectivity index (χ3n) is 3.57. The number of hydrogen-bond donors (Lipinski definition) is 1. The van der Waals surface area contributed by atoms with Crippen molar-refractivity contribution in [2.45, 2.75) is 18.8 Å². The van der Waals surface area contributed by atoms with E-state index in [1.165, 1.54) is 12.0 Å². The van der Waals surface area contributed by atoms with Gasteiger partial charge in [0, 0.05) is 13.1 Å². The number of benzene rings is 1. The van der Waals surface area contributed by atoms with E-state index in [0.717, 1.165) is 18.4 Å².